The van der Waals surface area contributed by atoms with Gasteiger partial charge < -0.3 is 10.6 Å². The van der Waals surface area contributed by atoms with E-state index in [1.54, 1.807) is 23.0 Å². The van der Waals surface area contributed by atoms with Crippen LogP contribution in [0.25, 0.3) is 5.69 Å². The third-order valence-corrected chi connectivity index (χ3v) is 3.56. The molecule has 0 atom stereocenters. The minimum Gasteiger partial charge on any atom is -0.356 e. The normalized spacial score (nSPS) is 10.4. The number of carbonyl (C=O) groups excluding carboxylic acids is 2. The van der Waals surface area contributed by atoms with Crippen LogP contribution in [0, 0.1) is 6.92 Å². The van der Waals surface area contributed by atoms with E-state index in [0.717, 1.165) is 11.4 Å². The molecular weight excluding hydrogens is 316 g/mol. The summed E-state index contributed by atoms with van der Waals surface area (Å²) < 4.78 is 1.68. The van der Waals surface area contributed by atoms with Crippen LogP contribution in [0.4, 0.5) is 0 Å². The largest absolute Gasteiger partial charge is 0.356 e. The summed E-state index contributed by atoms with van der Waals surface area (Å²) in [6.45, 7) is 4.32. The number of halogens is 1. The molecule has 2 aromatic rings. The molecule has 0 aliphatic rings. The van der Waals surface area contributed by atoms with Crippen LogP contribution in [-0.4, -0.2) is 34.7 Å². The van der Waals surface area contributed by atoms with Crippen LogP contribution in [0.3, 0.4) is 0 Å². The minimum absolute atomic E-state index is 0.0741. The molecule has 0 radical (unpaired) electrons. The van der Waals surface area contributed by atoms with Crippen molar-refractivity contribution in [2.45, 2.75) is 20.3 Å². The first kappa shape index (κ1) is 17.0. The van der Waals surface area contributed by atoms with Gasteiger partial charge in [-0.2, -0.15) is 5.10 Å². The van der Waals surface area contributed by atoms with Gasteiger partial charge in [0.25, 0.3) is 5.91 Å². The van der Waals surface area contributed by atoms with E-state index >= 15 is 0 Å². The molecule has 0 spiro atoms. The molecule has 0 fully saturated rings. The van der Waals surface area contributed by atoms with Gasteiger partial charge in [-0.25, -0.2) is 4.68 Å². The maximum Gasteiger partial charge on any atom is 0.254 e. The Morgan fingerprint density at radius 3 is 2.70 bits per heavy atom. The number of hydrogen-bond acceptors (Lipinski definition) is 3. The van der Waals surface area contributed by atoms with Crippen LogP contribution in [0.2, 0.25) is 5.02 Å². The van der Waals surface area contributed by atoms with Gasteiger partial charge in [-0.15, -0.1) is 0 Å². The van der Waals surface area contributed by atoms with Crippen LogP contribution in [0.1, 0.15) is 29.4 Å². The van der Waals surface area contributed by atoms with Crippen molar-refractivity contribution in [2.75, 3.05) is 13.1 Å². The third kappa shape index (κ3) is 4.56. The van der Waals surface area contributed by atoms with E-state index in [1.165, 1.54) is 6.92 Å². The van der Waals surface area contributed by atoms with E-state index in [4.69, 9.17) is 11.6 Å². The molecule has 7 heteroatoms. The molecule has 0 aliphatic heterocycles. The number of nitrogens with zero attached hydrogens (tertiary/aromatic N) is 2. The molecule has 1 aromatic carbocycles. The van der Waals surface area contributed by atoms with Crippen molar-refractivity contribution in [1.82, 2.24) is 20.4 Å². The molecular formula is C16H19ClN4O2. The molecule has 2 amide bonds. The van der Waals surface area contributed by atoms with Crippen LogP contribution >= 0.6 is 11.6 Å². The van der Waals surface area contributed by atoms with E-state index < -0.39 is 0 Å². The van der Waals surface area contributed by atoms with Crippen molar-refractivity contribution in [3.63, 3.8) is 0 Å². The maximum absolute atomic E-state index is 12.2. The number of amides is 2. The minimum atomic E-state index is -0.182. The van der Waals surface area contributed by atoms with Crippen LogP contribution in [0.5, 0.6) is 0 Å². The lowest BCUT2D eigenvalue weighted by atomic mass is 10.2. The van der Waals surface area contributed by atoms with Crippen LogP contribution in [0.15, 0.2) is 30.5 Å². The van der Waals surface area contributed by atoms with E-state index in [9.17, 15) is 9.59 Å². The van der Waals surface area contributed by atoms with Crippen molar-refractivity contribution in [3.05, 3.63) is 46.7 Å². The molecule has 2 N–H and O–H groups in total. The Hall–Kier alpha value is -2.34. The smallest absolute Gasteiger partial charge is 0.254 e. The number of carbonyl (C=O) groups is 2. The van der Waals surface area contributed by atoms with Gasteiger partial charge >= 0.3 is 0 Å². The molecule has 1 heterocycles. The van der Waals surface area contributed by atoms with Gasteiger partial charge in [0.05, 0.1) is 23.1 Å². The lowest BCUT2D eigenvalue weighted by molar-refractivity contribution is -0.118. The third-order valence-electron chi connectivity index (χ3n) is 3.32. The number of nitrogens with one attached hydrogen (secondary N) is 2. The molecule has 0 unspecified atom stereocenters. The molecule has 2 rings (SSSR count). The Kier molecular flexibility index (Phi) is 5.76. The highest BCUT2D eigenvalue weighted by molar-refractivity contribution is 6.30. The zero-order valence-corrected chi connectivity index (χ0v) is 13.9. The van der Waals surface area contributed by atoms with Crippen LogP contribution < -0.4 is 10.6 Å². The molecule has 23 heavy (non-hydrogen) atoms. The molecule has 1 aromatic heterocycles. The number of rotatable bonds is 6. The lowest BCUT2D eigenvalue weighted by Gasteiger charge is -2.07. The van der Waals surface area contributed by atoms with Crippen molar-refractivity contribution in [3.8, 4) is 5.69 Å². The summed E-state index contributed by atoms with van der Waals surface area (Å²) in [7, 11) is 0. The van der Waals surface area contributed by atoms with Gasteiger partial charge in [0, 0.05) is 25.0 Å². The lowest BCUT2D eigenvalue weighted by Crippen LogP contribution is -2.29. The molecule has 0 bridgehead atoms. The average molecular weight is 335 g/mol. The second-order valence-corrected chi connectivity index (χ2v) is 5.56. The first-order valence-electron chi connectivity index (χ1n) is 7.32. The molecule has 0 saturated heterocycles. The van der Waals surface area contributed by atoms with E-state index in [1.807, 2.05) is 19.1 Å². The summed E-state index contributed by atoms with van der Waals surface area (Å²) >= 11 is 5.99. The number of hydrogen-bond donors (Lipinski definition) is 2. The number of benzene rings is 1. The topological polar surface area (TPSA) is 76.0 Å². The maximum atomic E-state index is 12.2. The Balaban J connectivity index is 1.98. The molecule has 0 saturated carbocycles. The summed E-state index contributed by atoms with van der Waals surface area (Å²) in [5, 5.41) is 10.4. The molecule has 122 valence electrons. The summed E-state index contributed by atoms with van der Waals surface area (Å²) in [6.07, 6.45) is 2.21. The highest BCUT2D eigenvalue weighted by atomic mass is 35.5. The van der Waals surface area contributed by atoms with Crippen LogP contribution in [-0.2, 0) is 4.79 Å². The predicted molar refractivity (Wildman–Crippen MR) is 88.9 cm³/mol. The van der Waals surface area contributed by atoms with Gasteiger partial charge in [0.1, 0.15) is 0 Å². The van der Waals surface area contributed by atoms with Gasteiger partial charge in [0.15, 0.2) is 0 Å². The summed E-state index contributed by atoms with van der Waals surface area (Å²) in [6, 6.07) is 7.28. The fraction of sp³-hybridized carbons (Fsp3) is 0.312. The van der Waals surface area contributed by atoms with Crippen molar-refractivity contribution >= 4 is 23.4 Å². The highest BCUT2D eigenvalue weighted by Gasteiger charge is 2.14. The standard InChI is InChI=1S/C16H19ClN4O2/c1-11-15(16(23)19-8-4-7-18-12(2)22)10-20-21(11)14-6-3-5-13(17)9-14/h3,5-6,9-10H,4,7-8H2,1-2H3,(H,18,22)(H,19,23). The zero-order valence-electron chi connectivity index (χ0n) is 13.1. The van der Waals surface area contributed by atoms with E-state index in [-0.39, 0.29) is 11.8 Å². The van der Waals surface area contributed by atoms with Crippen molar-refractivity contribution < 1.29 is 9.59 Å². The monoisotopic (exact) mass is 334 g/mol. The van der Waals surface area contributed by atoms with Crippen molar-refractivity contribution in [1.29, 1.82) is 0 Å². The summed E-state index contributed by atoms with van der Waals surface area (Å²) in [4.78, 5) is 22.9. The Labute approximate surface area is 139 Å². The molecule has 6 nitrogen and oxygen atoms in total. The van der Waals surface area contributed by atoms with E-state index in [0.29, 0.717) is 30.1 Å². The Bertz CT molecular complexity index is 712. The second kappa shape index (κ2) is 7.78. The summed E-state index contributed by atoms with van der Waals surface area (Å²) in [5.41, 5.74) is 2.07. The predicted octanol–water partition coefficient (Wildman–Crippen LogP) is 2.09. The SMILES string of the molecule is CC(=O)NCCCNC(=O)c1cnn(-c2cccc(Cl)c2)c1C. The van der Waals surface area contributed by atoms with Gasteiger partial charge in [0.2, 0.25) is 5.91 Å². The summed E-state index contributed by atoms with van der Waals surface area (Å²) in [5.74, 6) is -0.256. The second-order valence-electron chi connectivity index (χ2n) is 5.13. The number of aromatic nitrogens is 2. The van der Waals surface area contributed by atoms with E-state index in [2.05, 4.69) is 15.7 Å². The Morgan fingerprint density at radius 2 is 2.00 bits per heavy atom. The first-order valence-corrected chi connectivity index (χ1v) is 7.70. The quantitative estimate of drug-likeness (QED) is 0.794. The fourth-order valence-electron chi connectivity index (χ4n) is 2.15. The Morgan fingerprint density at radius 1 is 1.26 bits per heavy atom. The first-order chi connectivity index (χ1) is 11.0. The average Bonchev–Trinajstić information content (AvgIpc) is 2.88. The fourth-order valence-corrected chi connectivity index (χ4v) is 2.34. The zero-order chi connectivity index (χ0) is 16.8. The van der Waals surface area contributed by atoms with Gasteiger partial charge in [-0.1, -0.05) is 17.7 Å². The molecule has 0 aliphatic carbocycles. The van der Waals surface area contributed by atoms with Gasteiger partial charge in [-0.3, -0.25) is 9.59 Å². The van der Waals surface area contributed by atoms with Crippen molar-refractivity contribution in [2.24, 2.45) is 0 Å². The van der Waals surface area contributed by atoms with Gasteiger partial charge in [-0.05, 0) is 31.5 Å². The highest BCUT2D eigenvalue weighted by Crippen LogP contribution is 2.17.